The molecule has 0 radical (unpaired) electrons. The fourth-order valence-electron chi connectivity index (χ4n) is 1.37. The molecule has 0 spiro atoms. The Hall–Kier alpha value is -1.55. The molecule has 0 N–H and O–H groups in total. The van der Waals surface area contributed by atoms with Crippen molar-refractivity contribution in [3.05, 3.63) is 58.1 Å². The standard InChI is InChI=1S/C12H9BrN2O/c1-8-2-3-10(13)9(6-8)12(16)11-7-14-4-5-15-11/h2-7H,1H3. The highest BCUT2D eigenvalue weighted by Gasteiger charge is 2.13. The molecule has 16 heavy (non-hydrogen) atoms. The second-order valence-electron chi connectivity index (χ2n) is 3.40. The summed E-state index contributed by atoms with van der Waals surface area (Å²) in [5.41, 5.74) is 2.00. The van der Waals surface area contributed by atoms with Gasteiger partial charge in [0.15, 0.2) is 0 Å². The van der Waals surface area contributed by atoms with Gasteiger partial charge in [0.1, 0.15) is 5.69 Å². The molecule has 2 aromatic rings. The van der Waals surface area contributed by atoms with Gasteiger partial charge in [-0.2, -0.15) is 0 Å². The van der Waals surface area contributed by atoms with Gasteiger partial charge in [0, 0.05) is 22.4 Å². The van der Waals surface area contributed by atoms with Gasteiger partial charge < -0.3 is 0 Å². The number of hydrogen-bond acceptors (Lipinski definition) is 3. The summed E-state index contributed by atoms with van der Waals surface area (Å²) in [7, 11) is 0. The minimum atomic E-state index is -0.122. The van der Waals surface area contributed by atoms with Crippen LogP contribution in [0.4, 0.5) is 0 Å². The summed E-state index contributed by atoms with van der Waals surface area (Å²) in [6.07, 6.45) is 4.52. The van der Waals surface area contributed by atoms with E-state index in [1.54, 1.807) is 6.20 Å². The van der Waals surface area contributed by atoms with Gasteiger partial charge in [-0.25, -0.2) is 4.98 Å². The van der Waals surface area contributed by atoms with Crippen molar-refractivity contribution in [1.29, 1.82) is 0 Å². The van der Waals surface area contributed by atoms with E-state index < -0.39 is 0 Å². The van der Waals surface area contributed by atoms with Crippen molar-refractivity contribution in [3.63, 3.8) is 0 Å². The zero-order valence-corrected chi connectivity index (χ0v) is 10.2. The van der Waals surface area contributed by atoms with Crippen LogP contribution in [0.15, 0.2) is 41.3 Å². The fraction of sp³-hybridized carbons (Fsp3) is 0.0833. The largest absolute Gasteiger partial charge is 0.287 e. The first-order valence-corrected chi connectivity index (χ1v) is 5.54. The Bertz CT molecular complexity index is 526. The Morgan fingerprint density at radius 1 is 1.31 bits per heavy atom. The molecule has 1 aromatic carbocycles. The maximum atomic E-state index is 12.1. The SMILES string of the molecule is Cc1ccc(Br)c(C(=O)c2cnccn2)c1. The van der Waals surface area contributed by atoms with E-state index in [1.807, 2.05) is 25.1 Å². The normalized spacial score (nSPS) is 10.1. The lowest BCUT2D eigenvalue weighted by Gasteiger charge is -2.03. The van der Waals surface area contributed by atoms with Crippen molar-refractivity contribution in [2.75, 3.05) is 0 Å². The third kappa shape index (κ3) is 2.17. The Balaban J connectivity index is 2.46. The van der Waals surface area contributed by atoms with Crippen LogP contribution in [0.5, 0.6) is 0 Å². The van der Waals surface area contributed by atoms with Gasteiger partial charge in [0.25, 0.3) is 0 Å². The van der Waals surface area contributed by atoms with Gasteiger partial charge in [-0.05, 0) is 19.1 Å². The van der Waals surface area contributed by atoms with Crippen LogP contribution in [0.25, 0.3) is 0 Å². The zero-order valence-electron chi connectivity index (χ0n) is 8.64. The molecule has 80 valence electrons. The lowest BCUT2D eigenvalue weighted by atomic mass is 10.1. The lowest BCUT2D eigenvalue weighted by Crippen LogP contribution is -2.05. The monoisotopic (exact) mass is 276 g/mol. The van der Waals surface area contributed by atoms with E-state index in [0.29, 0.717) is 11.3 Å². The van der Waals surface area contributed by atoms with Gasteiger partial charge in [-0.3, -0.25) is 9.78 Å². The maximum Gasteiger partial charge on any atom is 0.214 e. The average molecular weight is 277 g/mol. The van der Waals surface area contributed by atoms with E-state index in [9.17, 15) is 4.79 Å². The number of nitrogens with zero attached hydrogens (tertiary/aromatic N) is 2. The highest BCUT2D eigenvalue weighted by molar-refractivity contribution is 9.10. The molecule has 0 atom stereocenters. The van der Waals surface area contributed by atoms with Crippen LogP contribution in [-0.2, 0) is 0 Å². The summed E-state index contributed by atoms with van der Waals surface area (Å²) in [6, 6.07) is 5.64. The molecule has 0 saturated carbocycles. The molecular weight excluding hydrogens is 268 g/mol. The van der Waals surface area contributed by atoms with Crippen molar-refractivity contribution < 1.29 is 4.79 Å². The van der Waals surface area contributed by atoms with Crippen LogP contribution >= 0.6 is 15.9 Å². The number of carbonyl (C=O) groups excluding carboxylic acids is 1. The molecule has 3 nitrogen and oxygen atoms in total. The highest BCUT2D eigenvalue weighted by atomic mass is 79.9. The molecule has 2 rings (SSSR count). The molecule has 0 bridgehead atoms. The summed E-state index contributed by atoms with van der Waals surface area (Å²) in [5.74, 6) is -0.122. The fourth-order valence-corrected chi connectivity index (χ4v) is 1.79. The summed E-state index contributed by atoms with van der Waals surface area (Å²) < 4.78 is 0.772. The van der Waals surface area contributed by atoms with E-state index >= 15 is 0 Å². The van der Waals surface area contributed by atoms with Crippen LogP contribution in [0.1, 0.15) is 21.6 Å². The van der Waals surface area contributed by atoms with E-state index in [1.165, 1.54) is 12.4 Å². The topological polar surface area (TPSA) is 42.9 Å². The lowest BCUT2D eigenvalue weighted by molar-refractivity contribution is 0.103. The van der Waals surface area contributed by atoms with Crippen LogP contribution in [-0.4, -0.2) is 15.8 Å². The van der Waals surface area contributed by atoms with Gasteiger partial charge >= 0.3 is 0 Å². The quantitative estimate of drug-likeness (QED) is 0.793. The number of halogens is 1. The van der Waals surface area contributed by atoms with Crippen molar-refractivity contribution >= 4 is 21.7 Å². The smallest absolute Gasteiger partial charge is 0.214 e. The number of aryl methyl sites for hydroxylation is 1. The molecule has 0 aliphatic rings. The van der Waals surface area contributed by atoms with Crippen molar-refractivity contribution in [3.8, 4) is 0 Å². The van der Waals surface area contributed by atoms with Crippen LogP contribution in [0, 0.1) is 6.92 Å². The van der Waals surface area contributed by atoms with Gasteiger partial charge in [0.05, 0.1) is 6.20 Å². The molecule has 4 heteroatoms. The second-order valence-corrected chi connectivity index (χ2v) is 4.26. The number of carbonyl (C=O) groups is 1. The van der Waals surface area contributed by atoms with Gasteiger partial charge in [-0.1, -0.05) is 27.6 Å². The number of rotatable bonds is 2. The first-order valence-electron chi connectivity index (χ1n) is 4.75. The van der Waals surface area contributed by atoms with E-state index in [2.05, 4.69) is 25.9 Å². The van der Waals surface area contributed by atoms with Crippen LogP contribution < -0.4 is 0 Å². The third-order valence-electron chi connectivity index (χ3n) is 2.16. The predicted molar refractivity (Wildman–Crippen MR) is 64.3 cm³/mol. The Kier molecular flexibility index (Phi) is 3.10. The average Bonchev–Trinajstić information content (AvgIpc) is 2.32. The summed E-state index contributed by atoms with van der Waals surface area (Å²) in [4.78, 5) is 20.0. The van der Waals surface area contributed by atoms with E-state index in [0.717, 1.165) is 10.0 Å². The first-order chi connectivity index (χ1) is 7.68. The molecule has 0 aliphatic carbocycles. The first kappa shape index (κ1) is 11.0. The summed E-state index contributed by atoms with van der Waals surface area (Å²) in [6.45, 7) is 1.94. The number of ketones is 1. The Morgan fingerprint density at radius 2 is 2.12 bits per heavy atom. The minimum absolute atomic E-state index is 0.122. The molecule has 0 amide bonds. The van der Waals surface area contributed by atoms with E-state index in [4.69, 9.17) is 0 Å². The van der Waals surface area contributed by atoms with Crippen molar-refractivity contribution in [2.24, 2.45) is 0 Å². The number of benzene rings is 1. The molecule has 0 fully saturated rings. The third-order valence-corrected chi connectivity index (χ3v) is 2.85. The summed E-state index contributed by atoms with van der Waals surface area (Å²) in [5, 5.41) is 0. The molecule has 1 aromatic heterocycles. The zero-order chi connectivity index (χ0) is 11.5. The van der Waals surface area contributed by atoms with Crippen molar-refractivity contribution in [2.45, 2.75) is 6.92 Å². The number of hydrogen-bond donors (Lipinski definition) is 0. The van der Waals surface area contributed by atoms with E-state index in [-0.39, 0.29) is 5.78 Å². The Labute approximate surface area is 102 Å². The number of aromatic nitrogens is 2. The molecular formula is C12H9BrN2O. The minimum Gasteiger partial charge on any atom is -0.287 e. The molecule has 0 aliphatic heterocycles. The van der Waals surface area contributed by atoms with Gasteiger partial charge in [0.2, 0.25) is 5.78 Å². The van der Waals surface area contributed by atoms with Crippen molar-refractivity contribution in [1.82, 2.24) is 9.97 Å². The Morgan fingerprint density at radius 3 is 2.81 bits per heavy atom. The highest BCUT2D eigenvalue weighted by Crippen LogP contribution is 2.20. The predicted octanol–water partition coefficient (Wildman–Crippen LogP) is 2.78. The van der Waals surface area contributed by atoms with Gasteiger partial charge in [-0.15, -0.1) is 0 Å². The van der Waals surface area contributed by atoms with Crippen LogP contribution in [0.2, 0.25) is 0 Å². The summed E-state index contributed by atoms with van der Waals surface area (Å²) >= 11 is 3.36. The van der Waals surface area contributed by atoms with Crippen LogP contribution in [0.3, 0.4) is 0 Å². The molecule has 0 unspecified atom stereocenters. The second kappa shape index (κ2) is 4.53. The molecule has 0 saturated heterocycles. The molecule has 1 heterocycles. The maximum absolute atomic E-state index is 12.1.